The molecular formula is C18H22ClNO. The van der Waals surface area contributed by atoms with Crippen molar-refractivity contribution in [3.05, 3.63) is 64.7 Å². The predicted octanol–water partition coefficient (Wildman–Crippen LogP) is 4.80. The first-order valence-electron chi connectivity index (χ1n) is 7.29. The maximum Gasteiger partial charge on any atom is 0.120 e. The van der Waals surface area contributed by atoms with Gasteiger partial charge in [0.1, 0.15) is 5.75 Å². The minimum Gasteiger partial charge on any atom is -0.497 e. The second kappa shape index (κ2) is 7.48. The van der Waals surface area contributed by atoms with Crippen LogP contribution >= 0.6 is 11.6 Å². The summed E-state index contributed by atoms with van der Waals surface area (Å²) in [7, 11) is 1.65. The number of hydrogen-bond donors (Lipinski definition) is 1. The lowest BCUT2D eigenvalue weighted by molar-refractivity contribution is 0.413. The minimum absolute atomic E-state index is 0.177. The van der Waals surface area contributed by atoms with Crippen LogP contribution < -0.4 is 10.1 Å². The topological polar surface area (TPSA) is 21.3 Å². The fourth-order valence-corrected chi connectivity index (χ4v) is 2.90. The van der Waals surface area contributed by atoms with E-state index in [9.17, 15) is 0 Å². The summed E-state index contributed by atoms with van der Waals surface area (Å²) in [6.07, 6.45) is 0. The first kappa shape index (κ1) is 15.9. The van der Waals surface area contributed by atoms with Crippen LogP contribution in [0.4, 0.5) is 0 Å². The second-order valence-electron chi connectivity index (χ2n) is 5.12. The number of nitrogens with one attached hydrogen (secondary N) is 1. The predicted molar refractivity (Wildman–Crippen MR) is 89.3 cm³/mol. The molecule has 0 aliphatic carbocycles. The third-order valence-corrected chi connectivity index (χ3v) is 4.12. The summed E-state index contributed by atoms with van der Waals surface area (Å²) < 4.78 is 5.23. The van der Waals surface area contributed by atoms with Gasteiger partial charge in [-0.15, -0.1) is 0 Å². The minimum atomic E-state index is 0.177. The molecule has 0 fully saturated rings. The molecule has 0 aliphatic heterocycles. The van der Waals surface area contributed by atoms with Gasteiger partial charge in [0.15, 0.2) is 0 Å². The zero-order valence-electron chi connectivity index (χ0n) is 12.8. The second-order valence-corrected chi connectivity index (χ2v) is 5.53. The highest BCUT2D eigenvalue weighted by molar-refractivity contribution is 6.31. The van der Waals surface area contributed by atoms with Gasteiger partial charge in [0.25, 0.3) is 0 Å². The molecule has 2 nitrogen and oxygen atoms in total. The van der Waals surface area contributed by atoms with Crippen LogP contribution in [0.1, 0.15) is 36.9 Å². The highest BCUT2D eigenvalue weighted by Crippen LogP contribution is 2.35. The number of benzene rings is 2. The van der Waals surface area contributed by atoms with Gasteiger partial charge < -0.3 is 10.1 Å². The highest BCUT2D eigenvalue weighted by Gasteiger charge is 2.22. The Morgan fingerprint density at radius 3 is 2.43 bits per heavy atom. The number of halogens is 1. The van der Waals surface area contributed by atoms with Gasteiger partial charge in [0.05, 0.1) is 7.11 Å². The Hall–Kier alpha value is -1.51. The van der Waals surface area contributed by atoms with Crippen LogP contribution in [0.2, 0.25) is 5.02 Å². The molecule has 2 unspecified atom stereocenters. The van der Waals surface area contributed by atoms with Crippen molar-refractivity contribution in [2.45, 2.75) is 25.8 Å². The van der Waals surface area contributed by atoms with Gasteiger partial charge in [-0.2, -0.15) is 0 Å². The van der Waals surface area contributed by atoms with Crippen molar-refractivity contribution < 1.29 is 4.74 Å². The van der Waals surface area contributed by atoms with E-state index in [1.54, 1.807) is 7.11 Å². The molecule has 0 heterocycles. The van der Waals surface area contributed by atoms with Gasteiger partial charge in [0.2, 0.25) is 0 Å². The molecule has 0 saturated carbocycles. The Bertz CT molecular complexity index is 571. The maximum absolute atomic E-state index is 6.45. The Morgan fingerprint density at radius 1 is 1.14 bits per heavy atom. The molecule has 1 N–H and O–H groups in total. The summed E-state index contributed by atoms with van der Waals surface area (Å²) >= 11 is 6.45. The molecule has 0 amide bonds. The lowest BCUT2D eigenvalue weighted by Gasteiger charge is -2.27. The van der Waals surface area contributed by atoms with E-state index in [2.05, 4.69) is 43.4 Å². The highest BCUT2D eigenvalue weighted by atomic mass is 35.5. The van der Waals surface area contributed by atoms with Gasteiger partial charge in [-0.05, 0) is 29.8 Å². The first-order chi connectivity index (χ1) is 10.2. The van der Waals surface area contributed by atoms with E-state index in [4.69, 9.17) is 16.3 Å². The van der Waals surface area contributed by atoms with Crippen molar-refractivity contribution in [2.24, 2.45) is 0 Å². The monoisotopic (exact) mass is 303 g/mol. The summed E-state index contributed by atoms with van der Waals surface area (Å²) in [5.74, 6) is 1.11. The van der Waals surface area contributed by atoms with Crippen molar-refractivity contribution >= 4 is 11.6 Å². The van der Waals surface area contributed by atoms with Gasteiger partial charge in [-0.3, -0.25) is 0 Å². The summed E-state index contributed by atoms with van der Waals surface area (Å²) in [5, 5.41) is 4.29. The Morgan fingerprint density at radius 2 is 1.86 bits per heavy atom. The van der Waals surface area contributed by atoms with Crippen LogP contribution in [-0.4, -0.2) is 13.7 Å². The molecular weight excluding hydrogens is 282 g/mol. The molecule has 2 aromatic carbocycles. The lowest BCUT2D eigenvalue weighted by Crippen LogP contribution is -2.26. The number of ether oxygens (including phenoxy) is 1. The van der Waals surface area contributed by atoms with E-state index in [0.717, 1.165) is 22.9 Å². The molecule has 0 aliphatic rings. The maximum atomic E-state index is 6.45. The zero-order chi connectivity index (χ0) is 15.2. The third kappa shape index (κ3) is 3.78. The molecule has 0 spiro atoms. The summed E-state index contributed by atoms with van der Waals surface area (Å²) in [5.41, 5.74) is 2.41. The smallest absolute Gasteiger partial charge is 0.120 e. The molecule has 0 aromatic heterocycles. The average Bonchev–Trinajstić information content (AvgIpc) is 2.53. The standard InChI is InChI=1S/C18H22ClNO/c1-4-20-18(13(2)14-8-6-5-7-9-14)16-11-10-15(21-3)12-17(16)19/h5-13,18,20H,4H2,1-3H3. The van der Waals surface area contributed by atoms with Crippen molar-refractivity contribution in [3.63, 3.8) is 0 Å². The van der Waals surface area contributed by atoms with Crippen LogP contribution in [0.3, 0.4) is 0 Å². The molecule has 2 aromatic rings. The quantitative estimate of drug-likeness (QED) is 0.827. The molecule has 3 heteroatoms. The van der Waals surface area contributed by atoms with Crippen molar-refractivity contribution in [2.75, 3.05) is 13.7 Å². The summed E-state index contributed by atoms with van der Waals surface area (Å²) in [6, 6.07) is 16.6. The first-order valence-corrected chi connectivity index (χ1v) is 7.67. The normalized spacial score (nSPS) is 13.7. The Kier molecular flexibility index (Phi) is 5.66. The molecule has 112 valence electrons. The van der Waals surface area contributed by atoms with E-state index in [1.165, 1.54) is 5.56 Å². The fourth-order valence-electron chi connectivity index (χ4n) is 2.61. The molecule has 2 atom stereocenters. The average molecular weight is 304 g/mol. The largest absolute Gasteiger partial charge is 0.497 e. The van der Waals surface area contributed by atoms with Crippen LogP contribution in [-0.2, 0) is 0 Å². The lowest BCUT2D eigenvalue weighted by atomic mass is 9.88. The van der Waals surface area contributed by atoms with E-state index < -0.39 is 0 Å². The van der Waals surface area contributed by atoms with E-state index in [0.29, 0.717) is 5.92 Å². The molecule has 21 heavy (non-hydrogen) atoms. The Labute approximate surface area is 132 Å². The van der Waals surface area contributed by atoms with Crippen molar-refractivity contribution in [1.29, 1.82) is 0 Å². The summed E-state index contributed by atoms with van der Waals surface area (Å²) in [6.45, 7) is 5.23. The van der Waals surface area contributed by atoms with Gasteiger partial charge in [0, 0.05) is 17.0 Å². The van der Waals surface area contributed by atoms with Gasteiger partial charge in [-0.25, -0.2) is 0 Å². The number of rotatable bonds is 6. The third-order valence-electron chi connectivity index (χ3n) is 3.79. The number of likely N-dealkylation sites (N-methyl/N-ethyl adjacent to an activating group) is 1. The van der Waals surface area contributed by atoms with Crippen LogP contribution in [0.15, 0.2) is 48.5 Å². The molecule has 0 bridgehead atoms. The molecule has 2 rings (SSSR count). The van der Waals surface area contributed by atoms with E-state index in [-0.39, 0.29) is 6.04 Å². The fraction of sp³-hybridized carbons (Fsp3) is 0.333. The summed E-state index contributed by atoms with van der Waals surface area (Å²) in [4.78, 5) is 0. The van der Waals surface area contributed by atoms with Crippen molar-refractivity contribution in [1.82, 2.24) is 5.32 Å². The SMILES string of the molecule is CCNC(c1ccc(OC)cc1Cl)C(C)c1ccccc1. The zero-order valence-corrected chi connectivity index (χ0v) is 13.5. The molecule has 0 radical (unpaired) electrons. The van der Waals surface area contributed by atoms with Crippen LogP contribution in [0.5, 0.6) is 5.75 Å². The number of methoxy groups -OCH3 is 1. The van der Waals surface area contributed by atoms with Gasteiger partial charge in [-0.1, -0.05) is 61.8 Å². The Balaban J connectivity index is 2.34. The van der Waals surface area contributed by atoms with E-state index in [1.807, 2.05) is 24.3 Å². The van der Waals surface area contributed by atoms with E-state index >= 15 is 0 Å². The number of hydrogen-bond acceptors (Lipinski definition) is 2. The van der Waals surface area contributed by atoms with Crippen LogP contribution in [0, 0.1) is 0 Å². The van der Waals surface area contributed by atoms with Crippen LogP contribution in [0.25, 0.3) is 0 Å². The molecule has 0 saturated heterocycles. The van der Waals surface area contributed by atoms with Crippen molar-refractivity contribution in [3.8, 4) is 5.75 Å². The van der Waals surface area contributed by atoms with Gasteiger partial charge >= 0.3 is 0 Å².